The second kappa shape index (κ2) is 9.89. The normalized spacial score (nSPS) is 11.4. The molecule has 0 atom stereocenters. The molecule has 0 amide bonds. The SMILES string of the molecule is Cc1ccc(OCCCCCOc2ccc(-n3c(=O)c4cc5c(=O)n(C)c(=O)c5cc4c3=O)cc2)cc1. The molecule has 2 heterocycles. The van der Waals surface area contributed by atoms with Crippen LogP contribution in [0.1, 0.15) is 24.8 Å². The van der Waals surface area contributed by atoms with Crippen LogP contribution in [0, 0.1) is 6.92 Å². The molecule has 0 aliphatic rings. The second-order valence-electron chi connectivity index (χ2n) is 9.12. The molecule has 5 aromatic rings. The van der Waals surface area contributed by atoms with Crippen molar-refractivity contribution in [2.75, 3.05) is 13.2 Å². The van der Waals surface area contributed by atoms with Gasteiger partial charge < -0.3 is 9.47 Å². The van der Waals surface area contributed by atoms with Crippen molar-refractivity contribution in [3.05, 3.63) is 108 Å². The van der Waals surface area contributed by atoms with Crippen molar-refractivity contribution < 1.29 is 9.47 Å². The highest BCUT2D eigenvalue weighted by molar-refractivity contribution is 5.98. The Morgan fingerprint density at radius 3 is 1.51 bits per heavy atom. The highest BCUT2D eigenvalue weighted by Gasteiger charge is 2.19. The topological polar surface area (TPSA) is 96.6 Å². The van der Waals surface area contributed by atoms with Crippen LogP contribution in [0.5, 0.6) is 11.5 Å². The van der Waals surface area contributed by atoms with Gasteiger partial charge in [-0.05, 0) is 74.7 Å². The highest BCUT2D eigenvalue weighted by Crippen LogP contribution is 2.18. The van der Waals surface area contributed by atoms with E-state index in [1.54, 1.807) is 24.3 Å². The molecule has 0 aliphatic heterocycles. The van der Waals surface area contributed by atoms with E-state index in [9.17, 15) is 19.2 Å². The number of fused-ring (bicyclic) bond motifs is 2. The number of aryl methyl sites for hydroxylation is 1. The first-order chi connectivity index (χ1) is 17.8. The van der Waals surface area contributed by atoms with Crippen LogP contribution in [0.15, 0.2) is 79.8 Å². The van der Waals surface area contributed by atoms with Gasteiger partial charge in [-0.25, -0.2) is 4.57 Å². The maximum atomic E-state index is 13.0. The maximum Gasteiger partial charge on any atom is 0.266 e. The van der Waals surface area contributed by atoms with Gasteiger partial charge in [0.05, 0.1) is 40.4 Å². The van der Waals surface area contributed by atoms with Crippen LogP contribution in [-0.4, -0.2) is 22.3 Å². The molecule has 0 saturated heterocycles. The second-order valence-corrected chi connectivity index (χ2v) is 9.12. The van der Waals surface area contributed by atoms with Crippen LogP contribution in [-0.2, 0) is 7.05 Å². The van der Waals surface area contributed by atoms with Gasteiger partial charge in [0.25, 0.3) is 22.2 Å². The van der Waals surface area contributed by atoms with Crippen molar-refractivity contribution in [3.8, 4) is 17.2 Å². The van der Waals surface area contributed by atoms with Crippen molar-refractivity contribution in [1.29, 1.82) is 0 Å². The summed E-state index contributed by atoms with van der Waals surface area (Å²) < 4.78 is 13.6. The molecule has 2 aromatic heterocycles. The molecule has 0 aliphatic carbocycles. The summed E-state index contributed by atoms with van der Waals surface area (Å²) >= 11 is 0. The molecular weight excluding hydrogens is 472 g/mol. The number of aromatic nitrogens is 2. The maximum absolute atomic E-state index is 13.0. The van der Waals surface area contributed by atoms with Crippen LogP contribution < -0.4 is 31.7 Å². The first-order valence-corrected chi connectivity index (χ1v) is 12.2. The molecule has 0 radical (unpaired) electrons. The van der Waals surface area contributed by atoms with E-state index in [1.807, 2.05) is 31.2 Å². The Morgan fingerprint density at radius 1 is 0.595 bits per heavy atom. The third-order valence-electron chi connectivity index (χ3n) is 6.54. The van der Waals surface area contributed by atoms with Gasteiger partial charge in [0.15, 0.2) is 0 Å². The first kappa shape index (κ1) is 24.2. The third kappa shape index (κ3) is 4.58. The molecule has 0 N–H and O–H groups in total. The molecule has 0 fully saturated rings. The van der Waals surface area contributed by atoms with Crippen LogP contribution in [0.3, 0.4) is 0 Å². The van der Waals surface area contributed by atoms with Gasteiger partial charge in [0.1, 0.15) is 11.5 Å². The summed E-state index contributed by atoms with van der Waals surface area (Å²) in [5.41, 5.74) is -0.434. The Labute approximate surface area is 211 Å². The Morgan fingerprint density at radius 2 is 1.03 bits per heavy atom. The predicted octanol–water partition coefficient (Wildman–Crippen LogP) is 3.38. The van der Waals surface area contributed by atoms with E-state index in [0.717, 1.165) is 34.1 Å². The lowest BCUT2D eigenvalue weighted by molar-refractivity contribution is 0.279. The summed E-state index contributed by atoms with van der Waals surface area (Å²) in [5, 5.41) is 0.512. The van der Waals surface area contributed by atoms with Crippen LogP contribution in [0.25, 0.3) is 27.2 Å². The molecule has 37 heavy (non-hydrogen) atoms. The lowest BCUT2D eigenvalue weighted by Crippen LogP contribution is -2.23. The van der Waals surface area contributed by atoms with Gasteiger partial charge in [0.2, 0.25) is 0 Å². The van der Waals surface area contributed by atoms with Gasteiger partial charge in [-0.2, -0.15) is 0 Å². The van der Waals surface area contributed by atoms with Crippen LogP contribution in [0.2, 0.25) is 0 Å². The van der Waals surface area contributed by atoms with Gasteiger partial charge in [-0.1, -0.05) is 17.7 Å². The summed E-state index contributed by atoms with van der Waals surface area (Å²) in [6.45, 7) is 3.23. The van der Waals surface area contributed by atoms with E-state index in [2.05, 4.69) is 0 Å². The standard InChI is InChI=1S/C29H26N2O6/c1-18-6-10-20(11-7-18)36-14-4-3-5-15-37-21-12-8-19(9-13-21)31-28(34)24-16-22-23(17-25(24)29(31)35)27(33)30(2)26(22)32/h6-13,16-17H,3-5,14-15H2,1-2H3. The molecule has 188 valence electrons. The summed E-state index contributed by atoms with van der Waals surface area (Å²) in [7, 11) is 1.37. The van der Waals surface area contributed by atoms with Crippen molar-refractivity contribution in [2.45, 2.75) is 26.2 Å². The zero-order chi connectivity index (χ0) is 26.1. The fourth-order valence-corrected chi connectivity index (χ4v) is 4.42. The molecule has 8 nitrogen and oxygen atoms in total. The summed E-state index contributed by atoms with van der Waals surface area (Å²) in [5.74, 6) is 1.51. The van der Waals surface area contributed by atoms with E-state index in [4.69, 9.17) is 9.47 Å². The number of hydrogen-bond donors (Lipinski definition) is 0. The zero-order valence-electron chi connectivity index (χ0n) is 20.7. The number of nitrogens with zero attached hydrogens (tertiary/aromatic N) is 2. The first-order valence-electron chi connectivity index (χ1n) is 12.2. The summed E-state index contributed by atoms with van der Waals surface area (Å²) in [6.07, 6.45) is 2.76. The number of rotatable bonds is 9. The minimum atomic E-state index is -0.529. The van der Waals surface area contributed by atoms with Crippen molar-refractivity contribution in [3.63, 3.8) is 0 Å². The molecule has 3 aromatic carbocycles. The monoisotopic (exact) mass is 498 g/mol. The van der Waals surface area contributed by atoms with Gasteiger partial charge >= 0.3 is 0 Å². The van der Waals surface area contributed by atoms with Gasteiger partial charge in [-0.15, -0.1) is 0 Å². The Hall–Kier alpha value is -4.46. The average molecular weight is 499 g/mol. The third-order valence-corrected chi connectivity index (χ3v) is 6.54. The minimum Gasteiger partial charge on any atom is -0.494 e. The van der Waals surface area contributed by atoms with Gasteiger partial charge in [0, 0.05) is 7.05 Å². The number of ether oxygens (including phenoxy) is 2. The fraction of sp³-hybridized carbons (Fsp3) is 0.241. The minimum absolute atomic E-state index is 0.117. The number of benzene rings is 3. The zero-order valence-corrected chi connectivity index (χ0v) is 20.7. The molecular formula is C29H26N2O6. The summed E-state index contributed by atoms with van der Waals surface area (Å²) in [4.78, 5) is 50.6. The summed E-state index contributed by atoms with van der Waals surface area (Å²) in [6, 6.07) is 17.4. The molecule has 8 heteroatoms. The molecule has 0 unspecified atom stereocenters. The van der Waals surface area contributed by atoms with E-state index >= 15 is 0 Å². The predicted molar refractivity (Wildman–Crippen MR) is 143 cm³/mol. The van der Waals surface area contributed by atoms with Crippen molar-refractivity contribution in [2.24, 2.45) is 7.05 Å². The van der Waals surface area contributed by atoms with Crippen LogP contribution in [0.4, 0.5) is 0 Å². The van der Waals surface area contributed by atoms with Gasteiger partial charge in [-0.3, -0.25) is 23.7 Å². The molecule has 0 spiro atoms. The highest BCUT2D eigenvalue weighted by atomic mass is 16.5. The largest absolute Gasteiger partial charge is 0.494 e. The lowest BCUT2D eigenvalue weighted by Gasteiger charge is -2.08. The molecule has 5 rings (SSSR count). The van der Waals surface area contributed by atoms with E-state index < -0.39 is 22.2 Å². The lowest BCUT2D eigenvalue weighted by atomic mass is 10.1. The number of hydrogen-bond acceptors (Lipinski definition) is 6. The Bertz CT molecular complexity index is 1710. The number of unbranched alkanes of at least 4 members (excludes halogenated alkanes) is 2. The van der Waals surface area contributed by atoms with Crippen molar-refractivity contribution in [1.82, 2.24) is 9.13 Å². The van der Waals surface area contributed by atoms with E-state index in [1.165, 1.54) is 24.7 Å². The Kier molecular flexibility index (Phi) is 6.48. The van der Waals surface area contributed by atoms with E-state index in [-0.39, 0.29) is 21.5 Å². The van der Waals surface area contributed by atoms with E-state index in [0.29, 0.717) is 24.7 Å². The molecule has 0 saturated carbocycles. The van der Waals surface area contributed by atoms with Crippen molar-refractivity contribution >= 4 is 21.5 Å². The van der Waals surface area contributed by atoms with Crippen LogP contribution >= 0.6 is 0 Å². The average Bonchev–Trinajstić information content (AvgIpc) is 3.28. The Balaban J connectivity index is 1.21. The quantitative estimate of drug-likeness (QED) is 0.289. The smallest absolute Gasteiger partial charge is 0.266 e. The fourth-order valence-electron chi connectivity index (χ4n) is 4.42. The molecule has 0 bridgehead atoms.